The van der Waals surface area contributed by atoms with Crippen molar-refractivity contribution in [3.05, 3.63) is 28.5 Å². The van der Waals surface area contributed by atoms with Crippen LogP contribution in [0.1, 0.15) is 30.9 Å². The van der Waals surface area contributed by atoms with E-state index in [0.29, 0.717) is 11.0 Å². The summed E-state index contributed by atoms with van der Waals surface area (Å²) in [4.78, 5) is 4.08. The fourth-order valence-corrected chi connectivity index (χ4v) is 1.50. The molecule has 13 heavy (non-hydrogen) atoms. The Morgan fingerprint density at radius 1 is 1.46 bits per heavy atom. The van der Waals surface area contributed by atoms with Gasteiger partial charge in [0.25, 0.3) is 0 Å². The van der Waals surface area contributed by atoms with Crippen LogP contribution in [0.2, 0.25) is 5.15 Å². The summed E-state index contributed by atoms with van der Waals surface area (Å²) in [5, 5.41) is 0.613. The zero-order valence-electron chi connectivity index (χ0n) is 7.69. The molecule has 0 saturated heterocycles. The van der Waals surface area contributed by atoms with Crippen molar-refractivity contribution in [3.8, 4) is 0 Å². The van der Waals surface area contributed by atoms with E-state index in [1.54, 1.807) is 6.20 Å². The predicted octanol–water partition coefficient (Wildman–Crippen LogP) is 3.82. The molecule has 1 heterocycles. The van der Waals surface area contributed by atoms with Gasteiger partial charge in [0.05, 0.1) is 0 Å². The minimum atomic E-state index is 0.503. The zero-order valence-corrected chi connectivity index (χ0v) is 9.20. The second-order valence-electron chi connectivity index (χ2n) is 3.03. The molecule has 0 saturated carbocycles. The summed E-state index contributed by atoms with van der Waals surface area (Å²) >= 11 is 11.6. The first kappa shape index (κ1) is 10.8. The average Bonchev–Trinajstić information content (AvgIpc) is 2.17. The van der Waals surface area contributed by atoms with E-state index in [1.807, 2.05) is 6.07 Å². The van der Waals surface area contributed by atoms with Crippen molar-refractivity contribution in [2.45, 2.75) is 32.1 Å². The van der Waals surface area contributed by atoms with Crippen LogP contribution in [0.25, 0.3) is 0 Å². The Bertz CT molecular complexity index is 274. The topological polar surface area (TPSA) is 12.9 Å². The van der Waals surface area contributed by atoms with Crippen LogP contribution in [0.3, 0.4) is 0 Å². The van der Waals surface area contributed by atoms with Gasteiger partial charge in [0, 0.05) is 12.1 Å². The molecule has 0 N–H and O–H groups in total. The molecule has 0 aromatic carbocycles. The van der Waals surface area contributed by atoms with Gasteiger partial charge in [-0.25, -0.2) is 4.98 Å². The number of pyridine rings is 1. The summed E-state index contributed by atoms with van der Waals surface area (Å²) in [6, 6.07) is 2.04. The van der Waals surface area contributed by atoms with E-state index in [-0.39, 0.29) is 0 Å². The van der Waals surface area contributed by atoms with Crippen LogP contribution in [0.4, 0.5) is 0 Å². The number of nitrogens with zero attached hydrogens (tertiary/aromatic N) is 1. The van der Waals surface area contributed by atoms with E-state index in [4.69, 9.17) is 23.2 Å². The molecule has 1 aromatic rings. The number of aromatic nitrogens is 1. The van der Waals surface area contributed by atoms with E-state index >= 15 is 0 Å². The standard InChI is InChI=1S/C10H13Cl2N/c1-2-3-4-9-5-8(6-11)7-13-10(9)12/h5,7H,2-4,6H2,1H3. The molecule has 0 fully saturated rings. The van der Waals surface area contributed by atoms with Gasteiger partial charge in [0.2, 0.25) is 0 Å². The number of alkyl halides is 1. The fraction of sp³-hybridized carbons (Fsp3) is 0.500. The summed E-state index contributed by atoms with van der Waals surface area (Å²) in [6.45, 7) is 2.16. The van der Waals surface area contributed by atoms with Crippen LogP contribution in [0.5, 0.6) is 0 Å². The quantitative estimate of drug-likeness (QED) is 0.553. The summed E-state index contributed by atoms with van der Waals surface area (Å²) in [5.74, 6) is 0.503. The maximum atomic E-state index is 5.93. The third-order valence-electron chi connectivity index (χ3n) is 1.92. The SMILES string of the molecule is CCCCc1cc(CCl)cnc1Cl. The lowest BCUT2D eigenvalue weighted by molar-refractivity contribution is 0.791. The molecule has 1 rings (SSSR count). The first-order valence-electron chi connectivity index (χ1n) is 4.47. The monoisotopic (exact) mass is 217 g/mol. The number of rotatable bonds is 4. The van der Waals surface area contributed by atoms with Gasteiger partial charge in [-0.05, 0) is 24.0 Å². The molecule has 0 aliphatic heterocycles. The highest BCUT2D eigenvalue weighted by Gasteiger charge is 2.02. The zero-order chi connectivity index (χ0) is 9.68. The molecule has 0 amide bonds. The second kappa shape index (κ2) is 5.46. The fourth-order valence-electron chi connectivity index (χ4n) is 1.16. The molecular weight excluding hydrogens is 205 g/mol. The second-order valence-corrected chi connectivity index (χ2v) is 3.66. The lowest BCUT2D eigenvalue weighted by Gasteiger charge is -2.03. The van der Waals surface area contributed by atoms with E-state index in [2.05, 4.69) is 11.9 Å². The van der Waals surface area contributed by atoms with Gasteiger partial charge in [0.15, 0.2) is 0 Å². The number of hydrogen-bond donors (Lipinski definition) is 0. The molecule has 0 atom stereocenters. The molecule has 3 heteroatoms. The lowest BCUT2D eigenvalue weighted by atomic mass is 10.1. The van der Waals surface area contributed by atoms with E-state index in [0.717, 1.165) is 24.0 Å². The molecular formula is C10H13Cl2N. The lowest BCUT2D eigenvalue weighted by Crippen LogP contribution is -1.91. The first-order chi connectivity index (χ1) is 6.27. The van der Waals surface area contributed by atoms with Gasteiger partial charge in [-0.1, -0.05) is 31.0 Å². The van der Waals surface area contributed by atoms with Gasteiger partial charge in [-0.15, -0.1) is 11.6 Å². The smallest absolute Gasteiger partial charge is 0.132 e. The molecule has 0 unspecified atom stereocenters. The highest BCUT2D eigenvalue weighted by atomic mass is 35.5. The third kappa shape index (κ3) is 3.17. The first-order valence-corrected chi connectivity index (χ1v) is 5.38. The number of unbranched alkanes of at least 4 members (excludes halogenated alkanes) is 1. The summed E-state index contributed by atoms with van der Waals surface area (Å²) in [7, 11) is 0. The molecule has 0 aliphatic carbocycles. The van der Waals surface area contributed by atoms with Gasteiger partial charge in [0.1, 0.15) is 5.15 Å². The van der Waals surface area contributed by atoms with Crippen molar-refractivity contribution >= 4 is 23.2 Å². The van der Waals surface area contributed by atoms with Crippen LogP contribution >= 0.6 is 23.2 Å². The van der Waals surface area contributed by atoms with Gasteiger partial charge in [-0.2, -0.15) is 0 Å². The minimum absolute atomic E-state index is 0.503. The molecule has 0 bridgehead atoms. The predicted molar refractivity (Wildman–Crippen MR) is 57.4 cm³/mol. The summed E-state index contributed by atoms with van der Waals surface area (Å²) in [5.41, 5.74) is 2.15. The summed E-state index contributed by atoms with van der Waals surface area (Å²) in [6.07, 6.45) is 5.03. The third-order valence-corrected chi connectivity index (χ3v) is 2.57. The largest absolute Gasteiger partial charge is 0.244 e. The van der Waals surface area contributed by atoms with Crippen LogP contribution in [-0.4, -0.2) is 4.98 Å². The van der Waals surface area contributed by atoms with Gasteiger partial charge >= 0.3 is 0 Å². The molecule has 0 radical (unpaired) electrons. The average molecular weight is 218 g/mol. The minimum Gasteiger partial charge on any atom is -0.244 e. The highest BCUT2D eigenvalue weighted by Crippen LogP contribution is 2.17. The number of aryl methyl sites for hydroxylation is 1. The molecule has 1 nitrogen and oxygen atoms in total. The maximum Gasteiger partial charge on any atom is 0.132 e. The molecule has 0 spiro atoms. The summed E-state index contributed by atoms with van der Waals surface area (Å²) < 4.78 is 0. The molecule has 1 aromatic heterocycles. The van der Waals surface area contributed by atoms with Gasteiger partial charge in [-0.3, -0.25) is 0 Å². The number of hydrogen-bond acceptors (Lipinski definition) is 1. The van der Waals surface area contributed by atoms with Gasteiger partial charge < -0.3 is 0 Å². The normalized spacial score (nSPS) is 10.4. The Hall–Kier alpha value is -0.270. The van der Waals surface area contributed by atoms with Crippen molar-refractivity contribution < 1.29 is 0 Å². The Kier molecular flexibility index (Phi) is 4.54. The van der Waals surface area contributed by atoms with Crippen LogP contribution in [0.15, 0.2) is 12.3 Å². The van der Waals surface area contributed by atoms with Crippen LogP contribution in [-0.2, 0) is 12.3 Å². The molecule has 0 aliphatic rings. The Balaban J connectivity index is 2.78. The highest BCUT2D eigenvalue weighted by molar-refractivity contribution is 6.30. The van der Waals surface area contributed by atoms with Crippen molar-refractivity contribution in [2.24, 2.45) is 0 Å². The number of halogens is 2. The van der Waals surface area contributed by atoms with E-state index in [9.17, 15) is 0 Å². The maximum absolute atomic E-state index is 5.93. The Morgan fingerprint density at radius 3 is 2.85 bits per heavy atom. The van der Waals surface area contributed by atoms with Crippen LogP contribution in [0, 0.1) is 0 Å². The van der Waals surface area contributed by atoms with Crippen molar-refractivity contribution in [2.75, 3.05) is 0 Å². The van der Waals surface area contributed by atoms with Crippen LogP contribution < -0.4 is 0 Å². The Morgan fingerprint density at radius 2 is 2.23 bits per heavy atom. The Labute approximate surface area is 89.1 Å². The van der Waals surface area contributed by atoms with E-state index in [1.165, 1.54) is 6.42 Å². The van der Waals surface area contributed by atoms with Crippen molar-refractivity contribution in [1.82, 2.24) is 4.98 Å². The molecule has 72 valence electrons. The van der Waals surface area contributed by atoms with Crippen molar-refractivity contribution in [1.29, 1.82) is 0 Å². The van der Waals surface area contributed by atoms with E-state index < -0.39 is 0 Å². The van der Waals surface area contributed by atoms with Crippen molar-refractivity contribution in [3.63, 3.8) is 0 Å².